The number of nitrogens with zero attached hydrogens (tertiary/aromatic N) is 1. The topological polar surface area (TPSA) is 96.6 Å². The molecule has 0 radical (unpaired) electrons. The lowest BCUT2D eigenvalue weighted by atomic mass is 10.0. The van der Waals surface area contributed by atoms with Gasteiger partial charge in [-0.25, -0.2) is 10.2 Å². The second-order valence-corrected chi connectivity index (χ2v) is 6.99. The maximum atomic E-state index is 12.5. The highest BCUT2D eigenvalue weighted by Gasteiger charge is 2.18. The van der Waals surface area contributed by atoms with Crippen molar-refractivity contribution in [3.8, 4) is 0 Å². The number of primary amides is 1. The van der Waals surface area contributed by atoms with Crippen LogP contribution in [0.5, 0.6) is 0 Å². The first-order valence-corrected chi connectivity index (χ1v) is 9.58. The Hall–Kier alpha value is -3.45. The summed E-state index contributed by atoms with van der Waals surface area (Å²) in [6.45, 7) is 0. The molecule has 0 saturated carbocycles. The van der Waals surface area contributed by atoms with Gasteiger partial charge in [0.2, 0.25) is 5.91 Å². The van der Waals surface area contributed by atoms with Gasteiger partial charge in [-0.2, -0.15) is 5.10 Å². The highest BCUT2D eigenvalue weighted by atomic mass is 32.1. The quantitative estimate of drug-likeness (QED) is 0.424. The first-order valence-electron chi connectivity index (χ1n) is 8.70. The van der Waals surface area contributed by atoms with E-state index in [0.717, 1.165) is 16.0 Å². The van der Waals surface area contributed by atoms with Crippen LogP contribution in [0.4, 0.5) is 4.79 Å². The molecule has 3 aromatic rings. The normalized spacial score (nSPS) is 11.3. The second-order valence-electron chi connectivity index (χ2n) is 6.01. The molecule has 142 valence electrons. The molecular formula is C21H20N4O2S. The molecule has 3 amide bonds. The van der Waals surface area contributed by atoms with E-state index in [1.807, 2.05) is 78.2 Å². The van der Waals surface area contributed by atoms with Gasteiger partial charge >= 0.3 is 6.03 Å². The molecule has 1 unspecified atom stereocenters. The van der Waals surface area contributed by atoms with Gasteiger partial charge in [-0.05, 0) is 11.4 Å². The van der Waals surface area contributed by atoms with Crippen molar-refractivity contribution in [2.45, 2.75) is 12.5 Å². The number of rotatable bonds is 7. The second kappa shape index (κ2) is 9.48. The van der Waals surface area contributed by atoms with E-state index < -0.39 is 12.1 Å². The minimum absolute atomic E-state index is 0.0316. The van der Waals surface area contributed by atoms with Crippen LogP contribution in [0, 0.1) is 0 Å². The maximum Gasteiger partial charge on any atom is 0.312 e. The highest BCUT2D eigenvalue weighted by molar-refractivity contribution is 7.10. The van der Waals surface area contributed by atoms with E-state index in [4.69, 9.17) is 5.73 Å². The van der Waals surface area contributed by atoms with E-state index in [1.165, 1.54) is 11.3 Å². The maximum absolute atomic E-state index is 12.5. The van der Waals surface area contributed by atoms with E-state index in [1.54, 1.807) is 0 Å². The Morgan fingerprint density at radius 3 is 2.04 bits per heavy atom. The molecule has 0 fully saturated rings. The number of hydrogen-bond donors (Lipinski definition) is 3. The van der Waals surface area contributed by atoms with Crippen molar-refractivity contribution >= 4 is 29.0 Å². The summed E-state index contributed by atoms with van der Waals surface area (Å²) >= 11 is 1.45. The minimum atomic E-state index is -0.677. The van der Waals surface area contributed by atoms with Crippen LogP contribution in [0.2, 0.25) is 0 Å². The number of nitrogens with two attached hydrogens (primary N) is 1. The molecular weight excluding hydrogens is 372 g/mol. The molecule has 1 heterocycles. The predicted octanol–water partition coefficient (Wildman–Crippen LogP) is 3.42. The zero-order valence-corrected chi connectivity index (χ0v) is 15.9. The van der Waals surface area contributed by atoms with E-state index in [-0.39, 0.29) is 12.3 Å². The van der Waals surface area contributed by atoms with Crippen molar-refractivity contribution < 1.29 is 9.59 Å². The van der Waals surface area contributed by atoms with Crippen molar-refractivity contribution in [1.29, 1.82) is 0 Å². The SMILES string of the molecule is NC(=O)NC(CC(=O)NN=C(c1ccccc1)c1ccccc1)c1cccs1. The Morgan fingerprint density at radius 2 is 1.54 bits per heavy atom. The van der Waals surface area contributed by atoms with E-state index in [9.17, 15) is 9.59 Å². The van der Waals surface area contributed by atoms with Crippen molar-refractivity contribution in [3.63, 3.8) is 0 Å². The number of hydrazone groups is 1. The molecule has 2 aromatic carbocycles. The minimum Gasteiger partial charge on any atom is -0.352 e. The van der Waals surface area contributed by atoms with Gasteiger partial charge in [0.15, 0.2) is 0 Å². The van der Waals surface area contributed by atoms with E-state index >= 15 is 0 Å². The highest BCUT2D eigenvalue weighted by Crippen LogP contribution is 2.22. The summed E-state index contributed by atoms with van der Waals surface area (Å²) in [6.07, 6.45) is 0.0316. The van der Waals surface area contributed by atoms with Crippen LogP contribution < -0.4 is 16.5 Å². The molecule has 7 heteroatoms. The number of carbonyl (C=O) groups excluding carboxylic acids is 2. The Bertz CT molecular complexity index is 900. The monoisotopic (exact) mass is 392 g/mol. The molecule has 3 rings (SSSR count). The van der Waals surface area contributed by atoms with E-state index in [0.29, 0.717) is 5.71 Å². The summed E-state index contributed by atoms with van der Waals surface area (Å²) < 4.78 is 0. The lowest BCUT2D eigenvalue weighted by Gasteiger charge is -2.15. The molecule has 0 aliphatic rings. The molecule has 0 spiro atoms. The zero-order chi connectivity index (χ0) is 19.8. The number of thiophene rings is 1. The average molecular weight is 392 g/mol. The van der Waals surface area contributed by atoms with Crippen molar-refractivity contribution in [2.24, 2.45) is 10.8 Å². The van der Waals surface area contributed by atoms with Crippen molar-refractivity contribution in [2.75, 3.05) is 0 Å². The molecule has 0 bridgehead atoms. The van der Waals surface area contributed by atoms with Crippen LogP contribution >= 0.6 is 11.3 Å². The van der Waals surface area contributed by atoms with Crippen LogP contribution in [0.15, 0.2) is 83.3 Å². The van der Waals surface area contributed by atoms with Gasteiger partial charge in [-0.3, -0.25) is 4.79 Å². The number of urea groups is 1. The summed E-state index contributed by atoms with van der Waals surface area (Å²) in [5.74, 6) is -0.323. The smallest absolute Gasteiger partial charge is 0.312 e. The standard InChI is InChI=1S/C21H20N4O2S/c22-21(27)23-17(18-12-7-13-28-18)14-19(26)24-25-20(15-8-3-1-4-9-15)16-10-5-2-6-11-16/h1-13,17H,14H2,(H,24,26)(H3,22,23,27). The summed E-state index contributed by atoms with van der Waals surface area (Å²) in [5.41, 5.74) is 10.3. The molecule has 0 aliphatic heterocycles. The predicted molar refractivity (Wildman–Crippen MR) is 111 cm³/mol. The van der Waals surface area contributed by atoms with Crippen LogP contribution in [-0.4, -0.2) is 17.6 Å². The third-order valence-electron chi connectivity index (χ3n) is 3.98. The molecule has 4 N–H and O–H groups in total. The molecule has 0 saturated heterocycles. The summed E-state index contributed by atoms with van der Waals surface area (Å²) in [6, 6.07) is 21.8. The number of amides is 3. The average Bonchev–Trinajstić information content (AvgIpc) is 3.24. The summed E-state index contributed by atoms with van der Waals surface area (Å²) in [4.78, 5) is 24.6. The fraction of sp³-hybridized carbons (Fsp3) is 0.0952. The van der Waals surface area contributed by atoms with Gasteiger partial charge in [0.1, 0.15) is 0 Å². The van der Waals surface area contributed by atoms with Gasteiger partial charge in [-0.15, -0.1) is 11.3 Å². The van der Waals surface area contributed by atoms with Crippen LogP contribution in [0.25, 0.3) is 0 Å². The number of benzene rings is 2. The Morgan fingerprint density at radius 1 is 0.929 bits per heavy atom. The van der Waals surface area contributed by atoms with Crippen LogP contribution in [-0.2, 0) is 4.79 Å². The van der Waals surface area contributed by atoms with Gasteiger partial charge in [-0.1, -0.05) is 66.7 Å². The van der Waals surface area contributed by atoms with E-state index in [2.05, 4.69) is 15.8 Å². The van der Waals surface area contributed by atoms with Crippen LogP contribution in [0.3, 0.4) is 0 Å². The first kappa shape index (κ1) is 19.3. The Kier molecular flexibility index (Phi) is 6.54. The molecule has 1 aromatic heterocycles. The number of carbonyl (C=O) groups is 2. The third-order valence-corrected chi connectivity index (χ3v) is 4.97. The summed E-state index contributed by atoms with van der Waals surface area (Å²) in [7, 11) is 0. The molecule has 6 nitrogen and oxygen atoms in total. The zero-order valence-electron chi connectivity index (χ0n) is 15.0. The third kappa shape index (κ3) is 5.28. The number of nitrogens with one attached hydrogen (secondary N) is 2. The van der Waals surface area contributed by atoms with Crippen molar-refractivity contribution in [1.82, 2.24) is 10.7 Å². The fourth-order valence-corrected chi connectivity index (χ4v) is 3.50. The van der Waals surface area contributed by atoms with Crippen LogP contribution in [0.1, 0.15) is 28.5 Å². The lowest BCUT2D eigenvalue weighted by Crippen LogP contribution is -2.35. The fourth-order valence-electron chi connectivity index (χ4n) is 2.72. The Labute approximate surface area is 167 Å². The van der Waals surface area contributed by atoms with Gasteiger partial charge in [0.05, 0.1) is 18.2 Å². The van der Waals surface area contributed by atoms with Crippen molar-refractivity contribution in [3.05, 3.63) is 94.2 Å². The van der Waals surface area contributed by atoms with Gasteiger partial charge in [0, 0.05) is 16.0 Å². The number of hydrogen-bond acceptors (Lipinski definition) is 4. The first-order chi connectivity index (χ1) is 13.6. The Balaban J connectivity index is 1.78. The molecule has 1 atom stereocenters. The van der Waals surface area contributed by atoms with Gasteiger partial charge in [0.25, 0.3) is 0 Å². The molecule has 28 heavy (non-hydrogen) atoms. The summed E-state index contributed by atoms with van der Waals surface area (Å²) in [5, 5.41) is 8.84. The largest absolute Gasteiger partial charge is 0.352 e. The molecule has 0 aliphatic carbocycles. The van der Waals surface area contributed by atoms with Gasteiger partial charge < -0.3 is 11.1 Å². The lowest BCUT2D eigenvalue weighted by molar-refractivity contribution is -0.121.